The minimum atomic E-state index is -4.14. The Balaban J connectivity index is 2.11. The van der Waals surface area contributed by atoms with E-state index < -0.39 is 44.3 Å². The van der Waals surface area contributed by atoms with Crippen LogP contribution in [0.4, 0.5) is 13.6 Å². The Kier molecular flexibility index (Phi) is 5.75. The molecule has 0 radical (unpaired) electrons. The van der Waals surface area contributed by atoms with E-state index >= 15 is 0 Å². The summed E-state index contributed by atoms with van der Waals surface area (Å²) in [5.41, 5.74) is -0.669. The van der Waals surface area contributed by atoms with Crippen molar-refractivity contribution in [1.29, 1.82) is 0 Å². The maximum absolute atomic E-state index is 13.9. The van der Waals surface area contributed by atoms with Gasteiger partial charge in [0.25, 0.3) is 0 Å². The molecule has 1 aromatic carbocycles. The third kappa shape index (κ3) is 4.89. The van der Waals surface area contributed by atoms with E-state index in [-0.39, 0.29) is 17.6 Å². The first-order valence-corrected chi connectivity index (χ1v) is 9.77. The van der Waals surface area contributed by atoms with Crippen molar-refractivity contribution in [2.45, 2.75) is 43.7 Å². The SMILES string of the molecule is CC(C)(C)OC(=O)N[C@H]1CCN(S(=O)(=O)c2cc(Br)c(F)cc2F)C1. The van der Waals surface area contributed by atoms with Crippen LogP contribution in [-0.4, -0.2) is 43.5 Å². The number of amides is 1. The molecule has 140 valence electrons. The Hall–Kier alpha value is -1.26. The van der Waals surface area contributed by atoms with Gasteiger partial charge in [-0.25, -0.2) is 22.0 Å². The number of nitrogens with one attached hydrogen (secondary N) is 1. The molecule has 0 bridgehead atoms. The summed E-state index contributed by atoms with van der Waals surface area (Å²) in [6.45, 7) is 5.24. The van der Waals surface area contributed by atoms with Gasteiger partial charge in [-0.15, -0.1) is 0 Å². The zero-order valence-electron chi connectivity index (χ0n) is 14.0. The Labute approximate surface area is 153 Å². The van der Waals surface area contributed by atoms with Gasteiger partial charge in [0.2, 0.25) is 10.0 Å². The van der Waals surface area contributed by atoms with Gasteiger partial charge in [-0.1, -0.05) is 0 Å². The molecular weight excluding hydrogens is 422 g/mol. The van der Waals surface area contributed by atoms with Crippen molar-refractivity contribution in [2.75, 3.05) is 13.1 Å². The Morgan fingerprint density at radius 2 is 1.96 bits per heavy atom. The number of carbonyl (C=O) groups is 1. The van der Waals surface area contributed by atoms with Gasteiger partial charge in [0.1, 0.15) is 22.1 Å². The smallest absolute Gasteiger partial charge is 0.407 e. The quantitative estimate of drug-likeness (QED) is 0.732. The summed E-state index contributed by atoms with van der Waals surface area (Å²) in [6.07, 6.45) is -0.282. The summed E-state index contributed by atoms with van der Waals surface area (Å²) in [7, 11) is -4.14. The van der Waals surface area contributed by atoms with Gasteiger partial charge >= 0.3 is 6.09 Å². The molecular formula is C15H19BrF2N2O4S. The first-order chi connectivity index (χ1) is 11.4. The average molecular weight is 441 g/mol. The van der Waals surface area contributed by atoms with Crippen LogP contribution in [0.3, 0.4) is 0 Å². The molecule has 2 rings (SSSR count). The molecule has 0 saturated carbocycles. The summed E-state index contributed by atoms with van der Waals surface area (Å²) in [6, 6.07) is 0.967. The van der Waals surface area contributed by atoms with E-state index in [9.17, 15) is 22.0 Å². The summed E-state index contributed by atoms with van der Waals surface area (Å²) >= 11 is 2.86. The second kappa shape index (κ2) is 7.16. The third-order valence-electron chi connectivity index (χ3n) is 3.46. The Morgan fingerprint density at radius 1 is 1.32 bits per heavy atom. The number of ether oxygens (including phenoxy) is 1. The molecule has 0 aliphatic carbocycles. The molecule has 1 aromatic rings. The van der Waals surface area contributed by atoms with Gasteiger partial charge in [0.05, 0.1) is 4.47 Å². The number of alkyl carbamates (subject to hydrolysis) is 1. The largest absolute Gasteiger partial charge is 0.444 e. The van der Waals surface area contributed by atoms with Crippen LogP contribution in [0, 0.1) is 11.6 Å². The molecule has 1 saturated heterocycles. The predicted octanol–water partition coefficient (Wildman–Crippen LogP) is 3.02. The molecule has 1 atom stereocenters. The van der Waals surface area contributed by atoms with Crippen molar-refractivity contribution in [3.8, 4) is 0 Å². The van der Waals surface area contributed by atoms with Crippen LogP contribution >= 0.6 is 15.9 Å². The van der Waals surface area contributed by atoms with Crippen LogP contribution in [0.1, 0.15) is 27.2 Å². The number of benzene rings is 1. The second-order valence-corrected chi connectivity index (χ2v) is 9.45. The highest BCUT2D eigenvalue weighted by molar-refractivity contribution is 9.10. The van der Waals surface area contributed by atoms with E-state index in [1.807, 2.05) is 0 Å². The molecule has 0 spiro atoms. The number of carbonyl (C=O) groups excluding carboxylic acids is 1. The molecule has 1 N–H and O–H groups in total. The van der Waals surface area contributed by atoms with E-state index in [1.54, 1.807) is 20.8 Å². The number of sulfonamides is 1. The van der Waals surface area contributed by atoms with Crippen molar-refractivity contribution >= 4 is 32.0 Å². The maximum Gasteiger partial charge on any atom is 0.407 e. The van der Waals surface area contributed by atoms with E-state index in [2.05, 4.69) is 21.2 Å². The standard InChI is InChI=1S/C15H19BrF2N2O4S/c1-15(2,3)24-14(21)19-9-4-5-20(8-9)25(22,23)13-6-10(16)11(17)7-12(13)18/h6-7,9H,4-5,8H2,1-3H3,(H,19,21)/t9-/m0/s1. The van der Waals surface area contributed by atoms with Gasteiger partial charge in [0.15, 0.2) is 0 Å². The normalized spacial score (nSPS) is 19.0. The molecule has 1 aliphatic rings. The second-order valence-electron chi connectivity index (χ2n) is 6.69. The van der Waals surface area contributed by atoms with Gasteiger partial charge in [-0.05, 0) is 49.2 Å². The highest BCUT2D eigenvalue weighted by Crippen LogP contribution is 2.28. The highest BCUT2D eigenvalue weighted by atomic mass is 79.9. The minimum absolute atomic E-state index is 0.0178. The van der Waals surface area contributed by atoms with E-state index in [1.165, 1.54) is 0 Å². The molecule has 1 amide bonds. The highest BCUT2D eigenvalue weighted by Gasteiger charge is 2.35. The van der Waals surface area contributed by atoms with E-state index in [0.29, 0.717) is 12.5 Å². The van der Waals surface area contributed by atoms with Crippen LogP contribution in [0.2, 0.25) is 0 Å². The van der Waals surface area contributed by atoms with Gasteiger partial charge in [-0.3, -0.25) is 0 Å². The summed E-state index contributed by atoms with van der Waals surface area (Å²) in [4.78, 5) is 11.2. The lowest BCUT2D eigenvalue weighted by atomic mass is 10.2. The van der Waals surface area contributed by atoms with Crippen LogP contribution in [0.15, 0.2) is 21.5 Å². The molecule has 6 nitrogen and oxygen atoms in total. The lowest BCUT2D eigenvalue weighted by Crippen LogP contribution is -2.41. The first-order valence-electron chi connectivity index (χ1n) is 7.54. The first kappa shape index (κ1) is 20.1. The number of rotatable bonds is 3. The molecule has 1 aliphatic heterocycles. The van der Waals surface area contributed by atoms with Crippen LogP contribution in [0.25, 0.3) is 0 Å². The summed E-state index contributed by atoms with van der Waals surface area (Å²) in [5.74, 6) is -2.05. The Morgan fingerprint density at radius 3 is 2.56 bits per heavy atom. The average Bonchev–Trinajstić information content (AvgIpc) is 2.89. The van der Waals surface area contributed by atoms with Gasteiger partial charge < -0.3 is 10.1 Å². The van der Waals surface area contributed by atoms with Gasteiger partial charge in [0, 0.05) is 25.2 Å². The summed E-state index contributed by atoms with van der Waals surface area (Å²) in [5, 5.41) is 2.59. The molecule has 1 fully saturated rings. The summed E-state index contributed by atoms with van der Waals surface area (Å²) < 4.78 is 58.4. The molecule has 10 heteroatoms. The van der Waals surface area contributed by atoms with Crippen molar-refractivity contribution in [2.24, 2.45) is 0 Å². The van der Waals surface area contributed by atoms with E-state index in [4.69, 9.17) is 4.74 Å². The third-order valence-corrected chi connectivity index (χ3v) is 5.95. The number of hydrogen-bond donors (Lipinski definition) is 1. The van der Waals surface area contributed by atoms with Crippen molar-refractivity contribution in [1.82, 2.24) is 9.62 Å². The van der Waals surface area contributed by atoms with Gasteiger partial charge in [-0.2, -0.15) is 4.31 Å². The van der Waals surface area contributed by atoms with Crippen molar-refractivity contribution < 1.29 is 26.7 Å². The molecule has 1 heterocycles. The van der Waals surface area contributed by atoms with Crippen LogP contribution in [-0.2, 0) is 14.8 Å². The molecule has 0 unspecified atom stereocenters. The fraction of sp³-hybridized carbons (Fsp3) is 0.533. The monoisotopic (exact) mass is 440 g/mol. The molecule has 25 heavy (non-hydrogen) atoms. The zero-order chi connectivity index (χ0) is 19.0. The zero-order valence-corrected chi connectivity index (χ0v) is 16.4. The lowest BCUT2D eigenvalue weighted by molar-refractivity contribution is 0.0507. The number of nitrogens with zero attached hydrogens (tertiary/aromatic N) is 1. The molecule has 0 aromatic heterocycles. The fourth-order valence-electron chi connectivity index (χ4n) is 2.38. The van der Waals surface area contributed by atoms with Crippen LogP contribution < -0.4 is 5.32 Å². The number of hydrogen-bond acceptors (Lipinski definition) is 4. The maximum atomic E-state index is 13.9. The minimum Gasteiger partial charge on any atom is -0.444 e. The van der Waals surface area contributed by atoms with Crippen molar-refractivity contribution in [3.63, 3.8) is 0 Å². The van der Waals surface area contributed by atoms with E-state index in [0.717, 1.165) is 10.4 Å². The predicted molar refractivity (Wildman–Crippen MR) is 90.6 cm³/mol. The fourth-order valence-corrected chi connectivity index (χ4v) is 4.45. The number of halogens is 3. The van der Waals surface area contributed by atoms with Crippen LogP contribution in [0.5, 0.6) is 0 Å². The Bertz CT molecular complexity index is 780. The van der Waals surface area contributed by atoms with Crippen molar-refractivity contribution in [3.05, 3.63) is 28.2 Å². The lowest BCUT2D eigenvalue weighted by Gasteiger charge is -2.22. The topological polar surface area (TPSA) is 75.7 Å².